The maximum atomic E-state index is 11.6. The minimum atomic E-state index is -1.09. The lowest BCUT2D eigenvalue weighted by molar-refractivity contribution is -0.122. The van der Waals surface area contributed by atoms with Crippen LogP contribution in [0.15, 0.2) is 16.5 Å². The summed E-state index contributed by atoms with van der Waals surface area (Å²) in [5, 5.41) is 11.6. The van der Waals surface area contributed by atoms with E-state index in [4.69, 9.17) is 9.52 Å². The van der Waals surface area contributed by atoms with Crippen molar-refractivity contribution in [2.24, 2.45) is 0 Å². The number of carboxylic acid groups (broad SMARTS) is 1. The largest absolute Gasteiger partial charge is 0.475 e. The van der Waals surface area contributed by atoms with Crippen molar-refractivity contribution < 1.29 is 19.1 Å². The third kappa shape index (κ3) is 4.10. The summed E-state index contributed by atoms with van der Waals surface area (Å²) in [4.78, 5) is 24.3. The summed E-state index contributed by atoms with van der Waals surface area (Å²) in [6.07, 6.45) is 0. The molecule has 6 nitrogen and oxygen atoms in total. The summed E-state index contributed by atoms with van der Waals surface area (Å²) in [6.45, 7) is 7.21. The van der Waals surface area contributed by atoms with Gasteiger partial charge in [-0.15, -0.1) is 0 Å². The van der Waals surface area contributed by atoms with Crippen molar-refractivity contribution in [3.63, 3.8) is 0 Å². The van der Waals surface area contributed by atoms with Gasteiger partial charge < -0.3 is 14.8 Å². The Balaban J connectivity index is 2.74. The maximum Gasteiger partial charge on any atom is 0.371 e. The number of nitrogens with one attached hydrogen (secondary N) is 1. The van der Waals surface area contributed by atoms with Gasteiger partial charge in [0, 0.05) is 6.54 Å². The summed E-state index contributed by atoms with van der Waals surface area (Å²) in [6, 6.07) is 2.91. The molecule has 1 aromatic rings. The molecule has 0 fully saturated rings. The van der Waals surface area contributed by atoms with E-state index in [-0.39, 0.29) is 24.3 Å². The van der Waals surface area contributed by atoms with Gasteiger partial charge in [-0.3, -0.25) is 9.69 Å². The standard InChI is InChI=1S/C13H20N2O4/c1-4-14-12(16)8-15(5-2)9(3)10-6-7-11(19-10)13(17)18/h6-7,9H,4-5,8H2,1-3H3,(H,14,16)(H,17,18). The second kappa shape index (κ2) is 6.94. The molecule has 19 heavy (non-hydrogen) atoms. The molecule has 1 atom stereocenters. The summed E-state index contributed by atoms with van der Waals surface area (Å²) < 4.78 is 5.26. The summed E-state index contributed by atoms with van der Waals surface area (Å²) >= 11 is 0. The van der Waals surface area contributed by atoms with Gasteiger partial charge in [-0.25, -0.2) is 4.79 Å². The van der Waals surface area contributed by atoms with E-state index in [0.717, 1.165) is 0 Å². The van der Waals surface area contributed by atoms with Gasteiger partial charge in [-0.1, -0.05) is 6.92 Å². The molecule has 106 valence electrons. The Hall–Kier alpha value is -1.82. The number of carbonyl (C=O) groups excluding carboxylic acids is 1. The topological polar surface area (TPSA) is 82.8 Å². The third-order valence-corrected chi connectivity index (χ3v) is 2.92. The van der Waals surface area contributed by atoms with Crippen LogP contribution in [0, 0.1) is 0 Å². The first-order valence-corrected chi connectivity index (χ1v) is 6.33. The first-order valence-electron chi connectivity index (χ1n) is 6.33. The average Bonchev–Trinajstić information content (AvgIpc) is 2.85. The first-order chi connectivity index (χ1) is 8.99. The van der Waals surface area contributed by atoms with Crippen molar-refractivity contribution in [1.29, 1.82) is 0 Å². The second-order valence-corrected chi connectivity index (χ2v) is 4.20. The van der Waals surface area contributed by atoms with Crippen molar-refractivity contribution in [3.8, 4) is 0 Å². The SMILES string of the molecule is CCNC(=O)CN(CC)C(C)c1ccc(C(=O)O)o1. The van der Waals surface area contributed by atoms with Crippen LogP contribution < -0.4 is 5.32 Å². The predicted octanol–water partition coefficient (Wildman–Crippen LogP) is 1.50. The van der Waals surface area contributed by atoms with Gasteiger partial charge in [0.1, 0.15) is 5.76 Å². The molecule has 0 spiro atoms. The van der Waals surface area contributed by atoms with Crippen LogP contribution >= 0.6 is 0 Å². The molecule has 0 aliphatic carbocycles. The van der Waals surface area contributed by atoms with Gasteiger partial charge in [0.15, 0.2) is 0 Å². The van der Waals surface area contributed by atoms with Crippen LogP contribution in [0.1, 0.15) is 43.1 Å². The fraction of sp³-hybridized carbons (Fsp3) is 0.538. The van der Waals surface area contributed by atoms with Crippen LogP contribution in [-0.4, -0.2) is 41.5 Å². The van der Waals surface area contributed by atoms with Crippen LogP contribution in [0.5, 0.6) is 0 Å². The molecule has 0 radical (unpaired) electrons. The van der Waals surface area contributed by atoms with Gasteiger partial charge in [0.05, 0.1) is 12.6 Å². The fourth-order valence-electron chi connectivity index (χ4n) is 1.83. The van der Waals surface area contributed by atoms with Crippen molar-refractivity contribution in [3.05, 3.63) is 23.7 Å². The Morgan fingerprint density at radius 3 is 2.58 bits per heavy atom. The van der Waals surface area contributed by atoms with E-state index < -0.39 is 5.97 Å². The fourth-order valence-corrected chi connectivity index (χ4v) is 1.83. The maximum absolute atomic E-state index is 11.6. The van der Waals surface area contributed by atoms with Gasteiger partial charge in [0.2, 0.25) is 11.7 Å². The van der Waals surface area contributed by atoms with Crippen molar-refractivity contribution in [2.75, 3.05) is 19.6 Å². The number of hydrogen-bond acceptors (Lipinski definition) is 4. The number of rotatable bonds is 7. The van der Waals surface area contributed by atoms with Crippen LogP contribution in [0.4, 0.5) is 0 Å². The minimum Gasteiger partial charge on any atom is -0.475 e. The van der Waals surface area contributed by atoms with Crippen LogP contribution in [0.2, 0.25) is 0 Å². The number of carbonyl (C=O) groups is 2. The predicted molar refractivity (Wildman–Crippen MR) is 70.0 cm³/mol. The zero-order valence-electron chi connectivity index (χ0n) is 11.5. The number of hydrogen-bond donors (Lipinski definition) is 2. The molecule has 1 rings (SSSR count). The van der Waals surface area contributed by atoms with Crippen molar-refractivity contribution >= 4 is 11.9 Å². The van der Waals surface area contributed by atoms with Crippen molar-refractivity contribution in [2.45, 2.75) is 26.8 Å². The number of amides is 1. The summed E-state index contributed by atoms with van der Waals surface area (Å²) in [7, 11) is 0. The third-order valence-electron chi connectivity index (χ3n) is 2.92. The minimum absolute atomic E-state index is 0.0544. The molecule has 0 aliphatic rings. The van der Waals surface area contributed by atoms with Gasteiger partial charge in [0.25, 0.3) is 0 Å². The van der Waals surface area contributed by atoms with Crippen LogP contribution in [-0.2, 0) is 4.79 Å². The van der Waals surface area contributed by atoms with Crippen LogP contribution in [0.25, 0.3) is 0 Å². The van der Waals surface area contributed by atoms with Gasteiger partial charge in [-0.05, 0) is 32.5 Å². The molecule has 0 saturated heterocycles. The summed E-state index contributed by atoms with van der Waals surface area (Å²) in [5.74, 6) is -0.689. The Morgan fingerprint density at radius 1 is 1.42 bits per heavy atom. The Morgan fingerprint density at radius 2 is 2.11 bits per heavy atom. The molecule has 0 bridgehead atoms. The zero-order valence-corrected chi connectivity index (χ0v) is 11.5. The van der Waals surface area contributed by atoms with Gasteiger partial charge in [-0.2, -0.15) is 0 Å². The number of furan rings is 1. The van der Waals surface area contributed by atoms with E-state index in [1.165, 1.54) is 6.07 Å². The molecule has 6 heteroatoms. The second-order valence-electron chi connectivity index (χ2n) is 4.20. The highest BCUT2D eigenvalue weighted by Crippen LogP contribution is 2.22. The Kier molecular flexibility index (Phi) is 5.57. The number of aromatic carboxylic acids is 1. The molecule has 1 unspecified atom stereocenters. The smallest absolute Gasteiger partial charge is 0.371 e. The molecule has 0 saturated carbocycles. The lowest BCUT2D eigenvalue weighted by atomic mass is 10.2. The number of carboxylic acids is 1. The molecule has 1 aromatic heterocycles. The molecular formula is C13H20N2O4. The Labute approximate surface area is 112 Å². The first kappa shape index (κ1) is 15.2. The molecule has 1 heterocycles. The lowest BCUT2D eigenvalue weighted by Gasteiger charge is -2.25. The van der Waals surface area contributed by atoms with E-state index in [9.17, 15) is 9.59 Å². The molecule has 0 aromatic carbocycles. The van der Waals surface area contributed by atoms with Gasteiger partial charge >= 0.3 is 5.97 Å². The van der Waals surface area contributed by atoms with Crippen molar-refractivity contribution in [1.82, 2.24) is 10.2 Å². The quantitative estimate of drug-likeness (QED) is 0.783. The highest BCUT2D eigenvalue weighted by atomic mass is 16.4. The molecule has 2 N–H and O–H groups in total. The lowest BCUT2D eigenvalue weighted by Crippen LogP contribution is -2.38. The van der Waals surface area contributed by atoms with E-state index in [1.807, 2.05) is 25.7 Å². The van der Waals surface area contributed by atoms with E-state index in [0.29, 0.717) is 18.8 Å². The van der Waals surface area contributed by atoms with E-state index in [1.54, 1.807) is 6.07 Å². The highest BCUT2D eigenvalue weighted by Gasteiger charge is 2.21. The molecule has 0 aliphatic heterocycles. The normalized spacial score (nSPS) is 12.4. The zero-order chi connectivity index (χ0) is 14.4. The monoisotopic (exact) mass is 268 g/mol. The van der Waals surface area contributed by atoms with E-state index >= 15 is 0 Å². The molecule has 1 amide bonds. The van der Waals surface area contributed by atoms with Crippen LogP contribution in [0.3, 0.4) is 0 Å². The number of likely N-dealkylation sites (N-methyl/N-ethyl adjacent to an activating group) is 2. The summed E-state index contributed by atoms with van der Waals surface area (Å²) in [5.41, 5.74) is 0. The number of nitrogens with zero attached hydrogens (tertiary/aromatic N) is 1. The Bertz CT molecular complexity index is 442. The highest BCUT2D eigenvalue weighted by molar-refractivity contribution is 5.84. The molecular weight excluding hydrogens is 248 g/mol. The van der Waals surface area contributed by atoms with E-state index in [2.05, 4.69) is 5.32 Å². The average molecular weight is 268 g/mol.